The molecule has 2 N–H and O–H groups in total. The van der Waals surface area contributed by atoms with Crippen molar-refractivity contribution >= 4 is 28.0 Å². The van der Waals surface area contributed by atoms with E-state index in [1.54, 1.807) is 18.3 Å². The number of nitrogens with zero attached hydrogens (tertiary/aromatic N) is 1. The van der Waals surface area contributed by atoms with Crippen molar-refractivity contribution in [3.05, 3.63) is 76.5 Å². The fraction of sp³-hybridized carbons (Fsp3) is 0.200. The highest BCUT2D eigenvalue weighted by Crippen LogP contribution is 2.22. The van der Waals surface area contributed by atoms with Crippen LogP contribution in [0.2, 0.25) is 0 Å². The van der Waals surface area contributed by atoms with Crippen molar-refractivity contribution in [1.82, 2.24) is 9.71 Å². The quantitative estimate of drug-likeness (QED) is 0.357. The Labute approximate surface area is 163 Å². The fourth-order valence-corrected chi connectivity index (χ4v) is 3.29. The molecule has 1 heterocycles. The lowest BCUT2D eigenvalue weighted by atomic mass is 9.97. The number of aromatic nitrogens is 1. The molecule has 1 atom stereocenters. The van der Waals surface area contributed by atoms with Gasteiger partial charge in [-0.25, -0.2) is 17.7 Å². The van der Waals surface area contributed by atoms with Crippen LogP contribution in [0.5, 0.6) is 0 Å². The van der Waals surface area contributed by atoms with Crippen LogP contribution in [0, 0.1) is 18.6 Å². The summed E-state index contributed by atoms with van der Waals surface area (Å²) in [5.74, 6) is -2.10. The van der Waals surface area contributed by atoms with Crippen LogP contribution >= 0.6 is 0 Å². The predicted octanol–water partition coefficient (Wildman–Crippen LogP) is 3.71. The van der Waals surface area contributed by atoms with Crippen LogP contribution in [0.25, 0.3) is 10.9 Å². The zero-order chi connectivity index (χ0) is 20.3. The van der Waals surface area contributed by atoms with Gasteiger partial charge in [0.1, 0.15) is 11.6 Å². The monoisotopic (exact) mass is 404 g/mol. The van der Waals surface area contributed by atoms with Gasteiger partial charge in [0.15, 0.2) is 5.78 Å². The maximum absolute atomic E-state index is 14.8. The maximum atomic E-state index is 14.8. The van der Waals surface area contributed by atoms with Gasteiger partial charge in [-0.15, -0.1) is 0 Å². The number of ketones is 1. The van der Waals surface area contributed by atoms with E-state index in [0.29, 0.717) is 11.9 Å². The van der Waals surface area contributed by atoms with Crippen LogP contribution in [0.3, 0.4) is 0 Å². The highest BCUT2D eigenvalue weighted by molar-refractivity contribution is 7.77. The van der Waals surface area contributed by atoms with E-state index in [1.807, 2.05) is 13.0 Å². The Morgan fingerprint density at radius 1 is 1.21 bits per heavy atom. The first-order valence-corrected chi connectivity index (χ1v) is 9.69. The maximum Gasteiger partial charge on any atom is 0.231 e. The SMILES string of the molecule is Cc1cnc2ccc(C(=O)c3cc(F)cc(CCCNS(=O)O)c3F)cc2c1. The smallest absolute Gasteiger partial charge is 0.231 e. The number of pyridine rings is 1. The molecule has 0 amide bonds. The first-order valence-electron chi connectivity index (χ1n) is 8.58. The molecule has 5 nitrogen and oxygen atoms in total. The molecule has 0 radical (unpaired) electrons. The Morgan fingerprint density at radius 3 is 2.75 bits per heavy atom. The summed E-state index contributed by atoms with van der Waals surface area (Å²) in [4.78, 5) is 17.1. The van der Waals surface area contributed by atoms with Crippen molar-refractivity contribution in [3.63, 3.8) is 0 Å². The minimum atomic E-state index is -2.16. The normalized spacial score (nSPS) is 12.3. The second-order valence-corrected chi connectivity index (χ2v) is 7.21. The lowest BCUT2D eigenvalue weighted by molar-refractivity contribution is 0.103. The molecule has 0 fully saturated rings. The third-order valence-electron chi connectivity index (χ3n) is 4.29. The van der Waals surface area contributed by atoms with Crippen LogP contribution in [0.15, 0.2) is 42.6 Å². The van der Waals surface area contributed by atoms with Crippen LogP contribution in [-0.4, -0.2) is 26.1 Å². The van der Waals surface area contributed by atoms with Gasteiger partial charge in [-0.1, -0.05) is 0 Å². The number of aryl methyl sites for hydroxylation is 2. The third kappa shape index (κ3) is 4.64. The number of hydrogen-bond donors (Lipinski definition) is 2. The van der Waals surface area contributed by atoms with E-state index in [9.17, 15) is 17.8 Å². The fourth-order valence-electron chi connectivity index (χ4n) is 2.97. The summed E-state index contributed by atoms with van der Waals surface area (Å²) in [5.41, 5.74) is 1.58. The van der Waals surface area contributed by atoms with E-state index in [4.69, 9.17) is 4.55 Å². The first-order chi connectivity index (χ1) is 13.3. The first kappa shape index (κ1) is 20.2. The van der Waals surface area contributed by atoms with E-state index < -0.39 is 28.7 Å². The van der Waals surface area contributed by atoms with Crippen LogP contribution < -0.4 is 4.72 Å². The highest BCUT2D eigenvalue weighted by atomic mass is 32.2. The second-order valence-electron chi connectivity index (χ2n) is 6.42. The van der Waals surface area contributed by atoms with Crippen molar-refractivity contribution in [2.24, 2.45) is 0 Å². The Morgan fingerprint density at radius 2 is 2.00 bits per heavy atom. The molecule has 0 aliphatic rings. The summed E-state index contributed by atoms with van der Waals surface area (Å²) in [7, 11) is 0. The Kier molecular flexibility index (Phi) is 6.23. The molecule has 0 aliphatic heterocycles. The standard InChI is InChI=1S/C20H18F2N2O3S/c1-12-7-15-8-14(4-5-18(15)23-11-12)20(25)17-10-16(21)9-13(19(17)22)3-2-6-24-28(26)27/h4-5,7-11,24H,2-3,6H2,1H3,(H,26,27). The van der Waals surface area contributed by atoms with Gasteiger partial charge in [0.05, 0.1) is 11.1 Å². The van der Waals surface area contributed by atoms with Gasteiger partial charge >= 0.3 is 0 Å². The van der Waals surface area contributed by atoms with E-state index in [2.05, 4.69) is 9.71 Å². The van der Waals surface area contributed by atoms with Gasteiger partial charge in [-0.05, 0) is 67.3 Å². The van der Waals surface area contributed by atoms with E-state index >= 15 is 0 Å². The van der Waals surface area contributed by atoms with Gasteiger partial charge in [0.25, 0.3) is 0 Å². The number of carbonyl (C=O) groups is 1. The van der Waals surface area contributed by atoms with Crippen molar-refractivity contribution in [1.29, 1.82) is 0 Å². The summed E-state index contributed by atoms with van der Waals surface area (Å²) in [6, 6.07) is 8.61. The van der Waals surface area contributed by atoms with E-state index in [-0.39, 0.29) is 29.7 Å². The zero-order valence-electron chi connectivity index (χ0n) is 15.0. The lowest BCUT2D eigenvalue weighted by Gasteiger charge is -2.10. The molecule has 0 spiro atoms. The van der Waals surface area contributed by atoms with Crippen molar-refractivity contribution in [2.45, 2.75) is 19.8 Å². The van der Waals surface area contributed by atoms with Crippen molar-refractivity contribution in [2.75, 3.05) is 6.54 Å². The summed E-state index contributed by atoms with van der Waals surface area (Å²) in [6.45, 7) is 2.03. The Bertz CT molecular complexity index is 1070. The topological polar surface area (TPSA) is 79.3 Å². The minimum Gasteiger partial charge on any atom is -0.294 e. The average molecular weight is 404 g/mol. The molecule has 0 aliphatic carbocycles. The largest absolute Gasteiger partial charge is 0.294 e. The molecule has 0 saturated heterocycles. The summed E-state index contributed by atoms with van der Waals surface area (Å²) in [5, 5.41) is 0.742. The zero-order valence-corrected chi connectivity index (χ0v) is 15.9. The number of nitrogens with one attached hydrogen (secondary N) is 1. The van der Waals surface area contributed by atoms with E-state index in [0.717, 1.165) is 23.1 Å². The molecule has 0 saturated carbocycles. The Balaban J connectivity index is 1.90. The van der Waals surface area contributed by atoms with Gasteiger partial charge < -0.3 is 0 Å². The highest BCUT2D eigenvalue weighted by Gasteiger charge is 2.19. The number of rotatable bonds is 7. The van der Waals surface area contributed by atoms with Gasteiger partial charge in [-0.2, -0.15) is 0 Å². The Hall–Kier alpha value is -2.55. The molecule has 2 aromatic carbocycles. The predicted molar refractivity (Wildman–Crippen MR) is 103 cm³/mol. The number of hydrogen-bond acceptors (Lipinski definition) is 3. The molecule has 8 heteroatoms. The summed E-state index contributed by atoms with van der Waals surface area (Å²) >= 11 is -2.16. The van der Waals surface area contributed by atoms with E-state index in [1.165, 1.54) is 6.07 Å². The van der Waals surface area contributed by atoms with Crippen LogP contribution in [-0.2, 0) is 17.7 Å². The molecule has 3 rings (SSSR count). The van der Waals surface area contributed by atoms with Crippen molar-refractivity contribution in [3.8, 4) is 0 Å². The third-order valence-corrected chi connectivity index (χ3v) is 4.74. The number of benzene rings is 2. The summed E-state index contributed by atoms with van der Waals surface area (Å²) < 4.78 is 50.3. The minimum absolute atomic E-state index is 0.0483. The average Bonchev–Trinajstić information content (AvgIpc) is 2.66. The van der Waals surface area contributed by atoms with Crippen LogP contribution in [0.4, 0.5) is 8.78 Å². The molecule has 0 bridgehead atoms. The molecular weight excluding hydrogens is 386 g/mol. The molecule has 3 aromatic rings. The molecule has 1 aromatic heterocycles. The molecule has 146 valence electrons. The lowest BCUT2D eigenvalue weighted by Crippen LogP contribution is -2.18. The molecule has 1 unspecified atom stereocenters. The summed E-state index contributed by atoms with van der Waals surface area (Å²) in [6.07, 6.45) is 2.14. The van der Waals surface area contributed by atoms with Gasteiger partial charge in [-0.3, -0.25) is 14.3 Å². The van der Waals surface area contributed by atoms with Gasteiger partial charge in [0.2, 0.25) is 11.3 Å². The van der Waals surface area contributed by atoms with Crippen molar-refractivity contribution < 1.29 is 22.3 Å². The molecular formula is C20H18F2N2O3S. The number of halogens is 2. The molecule has 28 heavy (non-hydrogen) atoms. The van der Waals surface area contributed by atoms with Gasteiger partial charge in [0, 0.05) is 23.7 Å². The number of fused-ring (bicyclic) bond motifs is 1. The second kappa shape index (κ2) is 8.64. The van der Waals surface area contributed by atoms with Crippen LogP contribution in [0.1, 0.15) is 33.5 Å². The number of carbonyl (C=O) groups excluding carboxylic acids is 1.